The lowest BCUT2D eigenvalue weighted by molar-refractivity contribution is 0.0981. The summed E-state index contributed by atoms with van der Waals surface area (Å²) in [5, 5.41) is 0. The van der Waals surface area contributed by atoms with Crippen molar-refractivity contribution >= 4 is 32.7 Å². The van der Waals surface area contributed by atoms with Gasteiger partial charge in [0.05, 0.1) is 11.0 Å². The number of nitrogens with one attached hydrogen (secondary N) is 2. The number of aromatic nitrogens is 2. The summed E-state index contributed by atoms with van der Waals surface area (Å²) in [6, 6.07) is 3.45. The molecule has 0 amide bonds. The van der Waals surface area contributed by atoms with Gasteiger partial charge in [0.15, 0.2) is 5.78 Å². The molecule has 0 fully saturated rings. The molecule has 1 aromatic heterocycles. The second-order valence-corrected chi connectivity index (χ2v) is 4.48. The van der Waals surface area contributed by atoms with Crippen LogP contribution in [0.15, 0.2) is 21.4 Å². The van der Waals surface area contributed by atoms with Gasteiger partial charge < -0.3 is 9.97 Å². The van der Waals surface area contributed by atoms with Gasteiger partial charge in [-0.2, -0.15) is 0 Å². The molecule has 84 valence electrons. The number of Topliss-reactive ketones (excluding diaryl/α,β-unsaturated/α-hetero) is 1. The summed E-state index contributed by atoms with van der Waals surface area (Å²) in [6.45, 7) is 1.96. The van der Waals surface area contributed by atoms with Gasteiger partial charge in [-0.3, -0.25) is 4.79 Å². The van der Waals surface area contributed by atoms with E-state index in [1.54, 1.807) is 12.1 Å². The Labute approximate surface area is 100 Å². The van der Waals surface area contributed by atoms with Crippen LogP contribution in [0.5, 0.6) is 0 Å². The zero-order valence-corrected chi connectivity index (χ0v) is 10.3. The van der Waals surface area contributed by atoms with Crippen LogP contribution in [-0.4, -0.2) is 15.8 Å². The van der Waals surface area contributed by atoms with Crippen molar-refractivity contribution in [3.63, 3.8) is 0 Å². The van der Waals surface area contributed by atoms with Crippen LogP contribution >= 0.6 is 15.9 Å². The van der Waals surface area contributed by atoms with Crippen LogP contribution in [0.25, 0.3) is 11.0 Å². The smallest absolute Gasteiger partial charge is 0.306 e. The Morgan fingerprint density at radius 1 is 1.31 bits per heavy atom. The minimum atomic E-state index is -0.262. The van der Waals surface area contributed by atoms with E-state index in [-0.39, 0.29) is 11.5 Å². The third kappa shape index (κ3) is 1.95. The first-order valence-electron chi connectivity index (χ1n) is 5.06. The molecule has 0 unspecified atom stereocenters. The topological polar surface area (TPSA) is 65.7 Å². The summed E-state index contributed by atoms with van der Waals surface area (Å²) in [4.78, 5) is 28.2. The highest BCUT2D eigenvalue weighted by Gasteiger charge is 2.11. The first-order chi connectivity index (χ1) is 7.61. The van der Waals surface area contributed by atoms with Gasteiger partial charge in [-0.05, 0) is 34.5 Å². The van der Waals surface area contributed by atoms with Gasteiger partial charge >= 0.3 is 5.69 Å². The van der Waals surface area contributed by atoms with E-state index in [9.17, 15) is 9.59 Å². The van der Waals surface area contributed by atoms with Crippen molar-refractivity contribution < 1.29 is 4.79 Å². The molecule has 16 heavy (non-hydrogen) atoms. The standard InChI is InChI=1S/C11H11BrN2O2/c1-2-3-10(15)6-4-8-9(5-7(6)12)14-11(16)13-8/h4-5H,2-3H2,1H3,(H2,13,14,16). The number of hydrogen-bond donors (Lipinski definition) is 2. The van der Waals surface area contributed by atoms with Crippen molar-refractivity contribution in [2.24, 2.45) is 0 Å². The number of H-pyrrole nitrogens is 2. The lowest BCUT2D eigenvalue weighted by Crippen LogP contribution is -1.99. The molecule has 0 saturated carbocycles. The summed E-state index contributed by atoms with van der Waals surface area (Å²) >= 11 is 3.34. The van der Waals surface area contributed by atoms with Gasteiger partial charge in [0.2, 0.25) is 0 Å². The van der Waals surface area contributed by atoms with E-state index in [2.05, 4.69) is 25.9 Å². The van der Waals surface area contributed by atoms with E-state index < -0.39 is 0 Å². The van der Waals surface area contributed by atoms with E-state index in [0.29, 0.717) is 27.5 Å². The van der Waals surface area contributed by atoms with Gasteiger partial charge in [-0.25, -0.2) is 4.79 Å². The number of carbonyl (C=O) groups is 1. The number of hydrogen-bond acceptors (Lipinski definition) is 2. The van der Waals surface area contributed by atoms with Crippen molar-refractivity contribution in [1.29, 1.82) is 0 Å². The molecule has 4 nitrogen and oxygen atoms in total. The van der Waals surface area contributed by atoms with Gasteiger partial charge in [0, 0.05) is 16.5 Å². The normalized spacial score (nSPS) is 10.9. The van der Waals surface area contributed by atoms with Gasteiger partial charge in [-0.15, -0.1) is 0 Å². The van der Waals surface area contributed by atoms with Crippen LogP contribution < -0.4 is 5.69 Å². The summed E-state index contributed by atoms with van der Waals surface area (Å²) in [5.41, 5.74) is 1.71. The molecule has 5 heteroatoms. The number of aromatic amines is 2. The molecular weight excluding hydrogens is 272 g/mol. The monoisotopic (exact) mass is 282 g/mol. The summed E-state index contributed by atoms with van der Waals surface area (Å²) in [5.74, 6) is 0.0818. The van der Waals surface area contributed by atoms with E-state index in [1.165, 1.54) is 0 Å². The highest BCUT2D eigenvalue weighted by atomic mass is 79.9. The number of imidazole rings is 1. The molecule has 1 aromatic carbocycles. The fourth-order valence-corrected chi connectivity index (χ4v) is 2.20. The zero-order valence-electron chi connectivity index (χ0n) is 8.76. The van der Waals surface area contributed by atoms with E-state index in [1.807, 2.05) is 6.92 Å². The summed E-state index contributed by atoms with van der Waals surface area (Å²) in [6.07, 6.45) is 1.33. The minimum absolute atomic E-state index is 0.0818. The minimum Gasteiger partial charge on any atom is -0.306 e. The SMILES string of the molecule is CCCC(=O)c1cc2[nH]c(=O)[nH]c2cc1Br. The van der Waals surface area contributed by atoms with E-state index >= 15 is 0 Å². The van der Waals surface area contributed by atoms with Crippen molar-refractivity contribution in [3.8, 4) is 0 Å². The maximum absolute atomic E-state index is 11.8. The van der Waals surface area contributed by atoms with Gasteiger partial charge in [0.25, 0.3) is 0 Å². The molecule has 2 N–H and O–H groups in total. The molecule has 2 rings (SSSR count). The van der Waals surface area contributed by atoms with Crippen LogP contribution in [-0.2, 0) is 0 Å². The summed E-state index contributed by atoms with van der Waals surface area (Å²) < 4.78 is 0.716. The summed E-state index contributed by atoms with van der Waals surface area (Å²) in [7, 11) is 0. The van der Waals surface area contributed by atoms with Crippen LogP contribution in [0, 0.1) is 0 Å². The quantitative estimate of drug-likeness (QED) is 0.850. The fourth-order valence-electron chi connectivity index (χ4n) is 1.63. The molecule has 0 spiro atoms. The average Bonchev–Trinajstić information content (AvgIpc) is 2.56. The van der Waals surface area contributed by atoms with Crippen LogP contribution in [0.3, 0.4) is 0 Å². The number of carbonyl (C=O) groups excluding carboxylic acids is 1. The maximum Gasteiger partial charge on any atom is 0.323 e. The Kier molecular flexibility index (Phi) is 2.96. The Bertz CT molecular complexity index is 598. The highest BCUT2D eigenvalue weighted by Crippen LogP contribution is 2.23. The van der Waals surface area contributed by atoms with Crippen molar-refractivity contribution in [1.82, 2.24) is 9.97 Å². The largest absolute Gasteiger partial charge is 0.323 e. The number of rotatable bonds is 3. The van der Waals surface area contributed by atoms with Crippen LogP contribution in [0.4, 0.5) is 0 Å². The van der Waals surface area contributed by atoms with Gasteiger partial charge in [0.1, 0.15) is 0 Å². The Hall–Kier alpha value is -1.36. The first-order valence-corrected chi connectivity index (χ1v) is 5.86. The number of halogens is 1. The van der Waals surface area contributed by atoms with Crippen molar-refractivity contribution in [2.45, 2.75) is 19.8 Å². The molecule has 1 heterocycles. The predicted molar refractivity (Wildman–Crippen MR) is 65.9 cm³/mol. The third-order valence-corrected chi connectivity index (χ3v) is 3.04. The Morgan fingerprint density at radius 3 is 2.56 bits per heavy atom. The molecule has 0 aliphatic heterocycles. The Morgan fingerprint density at radius 2 is 1.94 bits per heavy atom. The molecule has 0 aliphatic carbocycles. The van der Waals surface area contributed by atoms with Crippen molar-refractivity contribution in [2.75, 3.05) is 0 Å². The molecular formula is C11H11BrN2O2. The Balaban J connectivity index is 2.57. The molecule has 0 atom stereocenters. The lowest BCUT2D eigenvalue weighted by Gasteiger charge is -2.02. The molecule has 0 radical (unpaired) electrons. The number of ketones is 1. The highest BCUT2D eigenvalue weighted by molar-refractivity contribution is 9.10. The first kappa shape index (κ1) is 11.1. The van der Waals surface area contributed by atoms with Crippen LogP contribution in [0.1, 0.15) is 30.1 Å². The average molecular weight is 283 g/mol. The lowest BCUT2D eigenvalue weighted by atomic mass is 10.1. The number of benzene rings is 1. The third-order valence-electron chi connectivity index (χ3n) is 2.38. The molecule has 0 saturated heterocycles. The second kappa shape index (κ2) is 4.25. The van der Waals surface area contributed by atoms with Gasteiger partial charge in [-0.1, -0.05) is 6.92 Å². The maximum atomic E-state index is 11.8. The van der Waals surface area contributed by atoms with Crippen LogP contribution in [0.2, 0.25) is 0 Å². The molecule has 2 aromatic rings. The molecule has 0 aliphatic rings. The second-order valence-electron chi connectivity index (χ2n) is 3.63. The number of fused-ring (bicyclic) bond motifs is 1. The van der Waals surface area contributed by atoms with Crippen molar-refractivity contribution in [3.05, 3.63) is 32.7 Å². The zero-order chi connectivity index (χ0) is 11.7. The van der Waals surface area contributed by atoms with E-state index in [0.717, 1.165) is 6.42 Å². The van der Waals surface area contributed by atoms with E-state index in [4.69, 9.17) is 0 Å². The predicted octanol–water partition coefficient (Wildman–Crippen LogP) is 2.60. The fraction of sp³-hybridized carbons (Fsp3) is 0.273. The molecule has 0 bridgehead atoms.